The van der Waals surface area contributed by atoms with Gasteiger partial charge in [0.15, 0.2) is 0 Å². The molecule has 0 saturated carbocycles. The lowest BCUT2D eigenvalue weighted by Crippen LogP contribution is -2.20. The van der Waals surface area contributed by atoms with Gasteiger partial charge in [-0.05, 0) is 70.4 Å². The molecular weight excluding hydrogens is 516 g/mol. The number of hydrogen-bond donors (Lipinski definition) is 2. The van der Waals surface area contributed by atoms with Crippen LogP contribution in [0.3, 0.4) is 0 Å². The maximum absolute atomic E-state index is 11.3. The van der Waals surface area contributed by atoms with Crippen molar-refractivity contribution >= 4 is 17.7 Å². The Morgan fingerprint density at radius 3 is 2.27 bits per heavy atom. The molecule has 0 atom stereocenters. The lowest BCUT2D eigenvalue weighted by atomic mass is 9.96. The predicted molar refractivity (Wildman–Crippen MR) is 167 cm³/mol. The number of benzene rings is 2. The van der Waals surface area contributed by atoms with E-state index in [4.69, 9.17) is 10.5 Å². The quantitative estimate of drug-likeness (QED) is 0.330. The molecule has 40 heavy (non-hydrogen) atoms. The van der Waals surface area contributed by atoms with Crippen LogP contribution in [-0.2, 0) is 42.2 Å². The van der Waals surface area contributed by atoms with Gasteiger partial charge in [0.2, 0.25) is 5.91 Å². The highest BCUT2D eigenvalue weighted by molar-refractivity contribution is 7.98. The molecule has 5 rings (SSSR count). The van der Waals surface area contributed by atoms with E-state index >= 15 is 0 Å². The van der Waals surface area contributed by atoms with Gasteiger partial charge < -0.3 is 15.8 Å². The van der Waals surface area contributed by atoms with Gasteiger partial charge in [-0.2, -0.15) is 5.10 Å². The van der Waals surface area contributed by atoms with Crippen molar-refractivity contribution in [1.82, 2.24) is 15.1 Å². The minimum absolute atomic E-state index is 0.164. The van der Waals surface area contributed by atoms with Crippen LogP contribution in [0, 0.1) is 0 Å². The Bertz CT molecular complexity index is 1230. The number of thioether (sulfide) groups is 1. The number of carbonyl (C=O) groups is 1. The lowest BCUT2D eigenvalue weighted by Gasteiger charge is -2.13. The van der Waals surface area contributed by atoms with Crippen molar-refractivity contribution < 1.29 is 9.53 Å². The first kappa shape index (κ1) is 31.9. The number of aromatic nitrogens is 2. The molecule has 3 N–H and O–H groups in total. The number of nitrogens with one attached hydrogen (secondary N) is 1. The molecule has 0 bridgehead atoms. The van der Waals surface area contributed by atoms with Crippen LogP contribution in [0.25, 0.3) is 0 Å². The summed E-state index contributed by atoms with van der Waals surface area (Å²) in [5.41, 5.74) is 14.7. The molecule has 0 radical (unpaired) electrons. The number of ether oxygens (including phenoxy) is 1. The number of fused-ring (bicyclic) bond motifs is 2. The molecule has 2 aliphatic heterocycles. The van der Waals surface area contributed by atoms with Crippen molar-refractivity contribution in [2.45, 2.75) is 103 Å². The van der Waals surface area contributed by atoms with E-state index in [2.05, 4.69) is 105 Å². The van der Waals surface area contributed by atoms with Crippen LogP contribution in [0.15, 0.2) is 47.4 Å². The van der Waals surface area contributed by atoms with Gasteiger partial charge in [0.25, 0.3) is 0 Å². The zero-order valence-corrected chi connectivity index (χ0v) is 26.2. The van der Waals surface area contributed by atoms with Gasteiger partial charge in [-0.15, -0.1) is 11.8 Å². The van der Waals surface area contributed by atoms with Crippen LogP contribution in [-0.4, -0.2) is 28.6 Å². The van der Waals surface area contributed by atoms with Crippen LogP contribution >= 0.6 is 11.8 Å². The lowest BCUT2D eigenvalue weighted by molar-refractivity contribution is -0.121. The van der Waals surface area contributed by atoms with Crippen molar-refractivity contribution in [3.05, 3.63) is 81.7 Å². The standard InChI is InChI=1S/C13H17NO.C11H17NS.C9H14N2O/c1-9(2)11-4-3-10-5-6-13(15)14-8-12(10)7-11;1-8(2)9-4-5-11(13-3)10(6-9)7-12;1-7(2)9-5-8-6-12-4-3-11(8)10-9/h3-4,7,9H,5-6,8H2,1-2H3,(H,14,15);4-6,8H,7,12H2,1-3H3;5,7H,3-4,6H2,1-2H3. The summed E-state index contributed by atoms with van der Waals surface area (Å²) in [6.45, 7) is 16.9. The van der Waals surface area contributed by atoms with E-state index in [1.807, 2.05) is 0 Å². The molecular formula is C33H48N4O2S. The molecule has 218 valence electrons. The first-order valence-corrected chi connectivity index (χ1v) is 15.7. The summed E-state index contributed by atoms with van der Waals surface area (Å²) in [6, 6.07) is 15.3. The van der Waals surface area contributed by atoms with E-state index in [9.17, 15) is 4.79 Å². The second-order valence-corrected chi connectivity index (χ2v) is 12.2. The van der Waals surface area contributed by atoms with Gasteiger partial charge in [-0.1, -0.05) is 71.9 Å². The fraction of sp³-hybridized carbons (Fsp3) is 0.515. The Morgan fingerprint density at radius 1 is 0.950 bits per heavy atom. The highest BCUT2D eigenvalue weighted by Gasteiger charge is 2.14. The van der Waals surface area contributed by atoms with Gasteiger partial charge >= 0.3 is 0 Å². The summed E-state index contributed by atoms with van der Waals surface area (Å²) >= 11 is 1.76. The smallest absolute Gasteiger partial charge is 0.220 e. The molecule has 0 spiro atoms. The number of amides is 1. The molecule has 0 aliphatic carbocycles. The third-order valence-electron chi connectivity index (χ3n) is 7.36. The first-order valence-electron chi connectivity index (χ1n) is 14.5. The molecule has 6 nitrogen and oxygen atoms in total. The summed E-state index contributed by atoms with van der Waals surface area (Å²) < 4.78 is 7.38. The van der Waals surface area contributed by atoms with Gasteiger partial charge in [-0.3, -0.25) is 9.48 Å². The van der Waals surface area contributed by atoms with Gasteiger partial charge in [0.05, 0.1) is 31.1 Å². The summed E-state index contributed by atoms with van der Waals surface area (Å²) in [5.74, 6) is 1.82. The highest BCUT2D eigenvalue weighted by Crippen LogP contribution is 2.25. The van der Waals surface area contributed by atoms with Crippen molar-refractivity contribution in [3.63, 3.8) is 0 Å². The number of nitrogens with two attached hydrogens (primary N) is 1. The molecule has 2 aliphatic rings. The summed E-state index contributed by atoms with van der Waals surface area (Å²) in [5, 5.41) is 7.41. The number of hydrogen-bond acceptors (Lipinski definition) is 5. The molecule has 7 heteroatoms. The minimum atomic E-state index is 0.164. The van der Waals surface area contributed by atoms with E-state index in [-0.39, 0.29) is 5.91 Å². The average molecular weight is 565 g/mol. The number of nitrogens with zero attached hydrogens (tertiary/aromatic N) is 2. The minimum Gasteiger partial charge on any atom is -0.373 e. The van der Waals surface area contributed by atoms with E-state index < -0.39 is 0 Å². The van der Waals surface area contributed by atoms with Crippen molar-refractivity contribution in [3.8, 4) is 0 Å². The molecule has 1 amide bonds. The zero-order valence-electron chi connectivity index (χ0n) is 25.4. The topological polar surface area (TPSA) is 82.2 Å². The second kappa shape index (κ2) is 15.4. The fourth-order valence-electron chi connectivity index (χ4n) is 4.66. The third-order valence-corrected chi connectivity index (χ3v) is 8.19. The first-order chi connectivity index (χ1) is 19.1. The second-order valence-electron chi connectivity index (χ2n) is 11.4. The van der Waals surface area contributed by atoms with Crippen LogP contribution in [0.1, 0.15) is 105 Å². The van der Waals surface area contributed by atoms with E-state index in [0.717, 1.165) is 26.2 Å². The molecule has 1 aromatic heterocycles. The van der Waals surface area contributed by atoms with Crippen LogP contribution < -0.4 is 11.1 Å². The fourth-order valence-corrected chi connectivity index (χ4v) is 5.27. The molecule has 2 aromatic carbocycles. The van der Waals surface area contributed by atoms with Gasteiger partial charge in [-0.25, -0.2) is 0 Å². The van der Waals surface area contributed by atoms with Crippen molar-refractivity contribution in [2.24, 2.45) is 5.73 Å². The van der Waals surface area contributed by atoms with E-state index in [0.29, 0.717) is 37.3 Å². The normalized spacial score (nSPS) is 14.4. The Hall–Kier alpha value is -2.61. The van der Waals surface area contributed by atoms with Crippen LogP contribution in [0.5, 0.6) is 0 Å². The summed E-state index contributed by atoms with van der Waals surface area (Å²) in [6.07, 6.45) is 3.58. The number of carbonyl (C=O) groups excluding carboxylic acids is 1. The van der Waals surface area contributed by atoms with E-state index in [1.165, 1.54) is 44.1 Å². The maximum atomic E-state index is 11.3. The van der Waals surface area contributed by atoms with Gasteiger partial charge in [0, 0.05) is 24.4 Å². The number of aryl methyl sites for hydroxylation is 1. The van der Waals surface area contributed by atoms with Gasteiger partial charge in [0.1, 0.15) is 0 Å². The largest absolute Gasteiger partial charge is 0.373 e. The molecule has 3 heterocycles. The molecule has 0 unspecified atom stereocenters. The number of rotatable bonds is 5. The Balaban J connectivity index is 0.000000167. The maximum Gasteiger partial charge on any atom is 0.220 e. The molecule has 3 aromatic rings. The van der Waals surface area contributed by atoms with Crippen LogP contribution in [0.4, 0.5) is 0 Å². The monoisotopic (exact) mass is 564 g/mol. The third kappa shape index (κ3) is 8.95. The SMILES string of the molecule is CC(C)c1cc2n(n1)CCOC2.CC(C)c1ccc2c(c1)CNC(=O)CC2.CSc1ccc(C(C)C)cc1CN. The Labute approximate surface area is 245 Å². The van der Waals surface area contributed by atoms with Crippen molar-refractivity contribution in [2.75, 3.05) is 12.9 Å². The summed E-state index contributed by atoms with van der Waals surface area (Å²) in [7, 11) is 0. The molecule has 0 fully saturated rings. The Morgan fingerprint density at radius 2 is 1.65 bits per heavy atom. The van der Waals surface area contributed by atoms with Crippen LogP contribution in [0.2, 0.25) is 0 Å². The van der Waals surface area contributed by atoms with Crippen molar-refractivity contribution in [1.29, 1.82) is 0 Å². The average Bonchev–Trinajstić information content (AvgIpc) is 3.31. The zero-order chi connectivity index (χ0) is 29.2. The Kier molecular flexibility index (Phi) is 12.3. The highest BCUT2D eigenvalue weighted by atomic mass is 32.2. The predicted octanol–water partition coefficient (Wildman–Crippen LogP) is 6.90. The molecule has 0 saturated heterocycles. The summed E-state index contributed by atoms with van der Waals surface area (Å²) in [4.78, 5) is 12.6. The van der Waals surface area contributed by atoms with E-state index in [1.54, 1.807) is 11.8 Å².